The molecule has 45 heavy (non-hydrogen) atoms. The lowest BCUT2D eigenvalue weighted by atomic mass is 9.98. The van der Waals surface area contributed by atoms with Gasteiger partial charge in [0.2, 0.25) is 5.82 Å². The molecule has 0 amide bonds. The number of hydrogen-bond donors (Lipinski definition) is 1. The summed E-state index contributed by atoms with van der Waals surface area (Å²) in [6.07, 6.45) is 1.97. The van der Waals surface area contributed by atoms with Crippen molar-refractivity contribution in [3.05, 3.63) is 116 Å². The van der Waals surface area contributed by atoms with E-state index in [2.05, 4.69) is 32.2 Å². The SMILES string of the molecule is CCCCc1nc(Cl)c(CO)n1Cc1ccc(-c2ccccc2-c2nnn(C(=O)OCc3ccc(CO[N+](=O)[O-])cc3)n2)cc1. The summed E-state index contributed by atoms with van der Waals surface area (Å²) in [5, 5.41) is 31.9. The van der Waals surface area contributed by atoms with Crippen molar-refractivity contribution in [3.8, 4) is 22.5 Å². The molecule has 0 unspecified atom stereocenters. The maximum absolute atomic E-state index is 12.6. The van der Waals surface area contributed by atoms with Gasteiger partial charge in [-0.3, -0.25) is 0 Å². The second-order valence-electron chi connectivity index (χ2n) is 10.1. The van der Waals surface area contributed by atoms with Crippen molar-refractivity contribution in [2.75, 3.05) is 0 Å². The number of imidazole rings is 1. The first-order chi connectivity index (χ1) is 21.9. The van der Waals surface area contributed by atoms with Gasteiger partial charge in [0.25, 0.3) is 5.09 Å². The molecular formula is C31H30ClN7O6. The Balaban J connectivity index is 1.27. The van der Waals surface area contributed by atoms with E-state index in [4.69, 9.17) is 16.3 Å². The van der Waals surface area contributed by atoms with E-state index in [0.29, 0.717) is 34.1 Å². The van der Waals surface area contributed by atoms with E-state index >= 15 is 0 Å². The zero-order chi connectivity index (χ0) is 31.8. The Hall–Kier alpha value is -5.14. The lowest BCUT2D eigenvalue weighted by Crippen LogP contribution is -2.16. The molecule has 1 N–H and O–H groups in total. The number of rotatable bonds is 13. The molecule has 232 valence electrons. The molecule has 2 heterocycles. The fraction of sp³-hybridized carbons (Fsp3) is 0.258. The Morgan fingerprint density at radius 3 is 2.31 bits per heavy atom. The number of benzene rings is 3. The minimum atomic E-state index is -0.859. The number of aromatic nitrogens is 6. The monoisotopic (exact) mass is 631 g/mol. The quantitative estimate of drug-likeness (QED) is 0.127. The molecule has 2 aromatic heterocycles. The highest BCUT2D eigenvalue weighted by molar-refractivity contribution is 6.30. The number of carbonyl (C=O) groups is 1. The summed E-state index contributed by atoms with van der Waals surface area (Å²) in [7, 11) is 0. The van der Waals surface area contributed by atoms with Crippen LogP contribution in [0.4, 0.5) is 4.79 Å². The van der Waals surface area contributed by atoms with Crippen molar-refractivity contribution < 1.29 is 24.6 Å². The minimum Gasteiger partial charge on any atom is -0.442 e. The summed E-state index contributed by atoms with van der Waals surface area (Å²) in [5.41, 5.74) is 5.34. The van der Waals surface area contributed by atoms with Crippen LogP contribution in [0.15, 0.2) is 72.8 Å². The largest absolute Gasteiger partial charge is 0.454 e. The molecule has 0 aliphatic rings. The number of aliphatic hydroxyl groups is 1. The number of nitrogens with zero attached hydrogens (tertiary/aromatic N) is 7. The van der Waals surface area contributed by atoms with Gasteiger partial charge in [-0.2, -0.15) is 0 Å². The first-order valence-corrected chi connectivity index (χ1v) is 14.6. The molecule has 0 fully saturated rings. The van der Waals surface area contributed by atoms with Gasteiger partial charge in [0, 0.05) is 18.5 Å². The first-order valence-electron chi connectivity index (χ1n) is 14.2. The van der Waals surface area contributed by atoms with Gasteiger partial charge in [0.1, 0.15) is 19.0 Å². The highest BCUT2D eigenvalue weighted by Gasteiger charge is 2.18. The summed E-state index contributed by atoms with van der Waals surface area (Å²) in [6, 6.07) is 22.2. The number of aryl methyl sites for hydroxylation is 1. The number of unbranched alkanes of at least 4 members (excludes halogenated alkanes) is 1. The van der Waals surface area contributed by atoms with Crippen molar-refractivity contribution in [1.29, 1.82) is 0 Å². The molecule has 0 radical (unpaired) electrons. The molecule has 0 bridgehead atoms. The number of aliphatic hydroxyl groups excluding tert-OH is 1. The lowest BCUT2D eigenvalue weighted by Gasteiger charge is -2.12. The number of halogens is 1. The zero-order valence-electron chi connectivity index (χ0n) is 24.4. The van der Waals surface area contributed by atoms with E-state index in [1.54, 1.807) is 24.3 Å². The summed E-state index contributed by atoms with van der Waals surface area (Å²) in [6.45, 7) is 2.22. The van der Waals surface area contributed by atoms with Crippen LogP contribution in [-0.2, 0) is 42.4 Å². The standard InChI is InChI=1S/C31H30ClN7O6/c1-2-3-8-28-33-29(32)27(18-40)37(28)17-21-13-15-24(16-14-21)25-6-4-5-7-26(25)30-34-36-38(35-30)31(41)44-19-22-9-11-23(12-10-22)20-45-39(42)43/h4-7,9-16,40H,2-3,8,17-20H2,1H3. The number of carbonyl (C=O) groups excluding carboxylic acids is 1. The Morgan fingerprint density at radius 2 is 1.64 bits per heavy atom. The van der Waals surface area contributed by atoms with Crippen molar-refractivity contribution in [1.82, 2.24) is 29.8 Å². The molecule has 0 spiro atoms. The highest BCUT2D eigenvalue weighted by Crippen LogP contribution is 2.30. The third-order valence-electron chi connectivity index (χ3n) is 7.08. The third-order valence-corrected chi connectivity index (χ3v) is 7.38. The maximum Gasteiger partial charge on any atom is 0.454 e. The lowest BCUT2D eigenvalue weighted by molar-refractivity contribution is -0.763. The van der Waals surface area contributed by atoms with Gasteiger partial charge < -0.3 is 19.2 Å². The second-order valence-corrected chi connectivity index (χ2v) is 10.5. The first kappa shape index (κ1) is 31.3. The minimum absolute atomic E-state index is 0.0554. The van der Waals surface area contributed by atoms with Gasteiger partial charge in [-0.05, 0) is 39.5 Å². The molecule has 3 aromatic carbocycles. The van der Waals surface area contributed by atoms with Crippen molar-refractivity contribution in [3.63, 3.8) is 0 Å². The van der Waals surface area contributed by atoms with Gasteiger partial charge in [-0.1, -0.05) is 103 Å². The van der Waals surface area contributed by atoms with Gasteiger partial charge in [-0.25, -0.2) is 9.78 Å². The summed E-state index contributed by atoms with van der Waals surface area (Å²) in [4.78, 5) is 32.6. The van der Waals surface area contributed by atoms with E-state index in [9.17, 15) is 20.0 Å². The Kier molecular flexibility index (Phi) is 10.1. The predicted octanol–water partition coefficient (Wildman–Crippen LogP) is 5.63. The molecule has 5 aromatic rings. The van der Waals surface area contributed by atoms with Crippen LogP contribution in [-0.4, -0.2) is 46.0 Å². The van der Waals surface area contributed by atoms with Gasteiger partial charge in [-0.15, -0.1) is 20.3 Å². The van der Waals surface area contributed by atoms with Gasteiger partial charge in [0.05, 0.1) is 12.3 Å². The number of tetrazole rings is 1. The Bertz CT molecular complexity index is 1770. The topological polar surface area (TPSA) is 160 Å². The molecular weight excluding hydrogens is 602 g/mol. The highest BCUT2D eigenvalue weighted by atomic mass is 35.5. The van der Waals surface area contributed by atoms with Crippen LogP contribution in [0, 0.1) is 10.1 Å². The smallest absolute Gasteiger partial charge is 0.442 e. The van der Waals surface area contributed by atoms with E-state index in [-0.39, 0.29) is 25.6 Å². The molecule has 0 atom stereocenters. The van der Waals surface area contributed by atoms with Crippen LogP contribution in [0.25, 0.3) is 22.5 Å². The van der Waals surface area contributed by atoms with Crippen LogP contribution in [0.2, 0.25) is 5.15 Å². The van der Waals surface area contributed by atoms with Crippen LogP contribution in [0.5, 0.6) is 0 Å². The fourth-order valence-electron chi connectivity index (χ4n) is 4.73. The molecule has 0 saturated heterocycles. The van der Waals surface area contributed by atoms with Crippen LogP contribution in [0.1, 0.15) is 48.0 Å². The summed E-state index contributed by atoms with van der Waals surface area (Å²) >= 11 is 6.31. The van der Waals surface area contributed by atoms with E-state index in [1.807, 2.05) is 53.1 Å². The average Bonchev–Trinajstić information content (AvgIpc) is 3.67. The van der Waals surface area contributed by atoms with Crippen LogP contribution < -0.4 is 0 Å². The molecule has 13 nitrogen and oxygen atoms in total. The van der Waals surface area contributed by atoms with Gasteiger partial charge in [0.15, 0.2) is 5.15 Å². The third kappa shape index (κ3) is 7.69. The Morgan fingerprint density at radius 1 is 0.978 bits per heavy atom. The second kappa shape index (κ2) is 14.6. The summed E-state index contributed by atoms with van der Waals surface area (Å²) < 4.78 is 7.29. The average molecular weight is 632 g/mol. The van der Waals surface area contributed by atoms with E-state index in [0.717, 1.165) is 46.6 Å². The zero-order valence-corrected chi connectivity index (χ0v) is 25.1. The predicted molar refractivity (Wildman–Crippen MR) is 163 cm³/mol. The van der Waals surface area contributed by atoms with E-state index in [1.165, 1.54) is 0 Å². The maximum atomic E-state index is 12.6. The number of hydrogen-bond acceptors (Lipinski definition) is 10. The van der Waals surface area contributed by atoms with Crippen molar-refractivity contribution in [2.24, 2.45) is 0 Å². The van der Waals surface area contributed by atoms with Crippen molar-refractivity contribution >= 4 is 17.7 Å². The molecule has 0 saturated carbocycles. The molecule has 0 aliphatic heterocycles. The molecule has 0 aliphatic carbocycles. The van der Waals surface area contributed by atoms with Crippen LogP contribution >= 0.6 is 11.6 Å². The fourth-order valence-corrected chi connectivity index (χ4v) is 4.99. The van der Waals surface area contributed by atoms with Gasteiger partial charge >= 0.3 is 6.09 Å². The normalized spacial score (nSPS) is 11.0. The Labute approximate surface area is 263 Å². The molecule has 14 heteroatoms. The van der Waals surface area contributed by atoms with E-state index < -0.39 is 11.2 Å². The van der Waals surface area contributed by atoms with Crippen LogP contribution in [0.3, 0.4) is 0 Å². The van der Waals surface area contributed by atoms with Crippen molar-refractivity contribution in [2.45, 2.75) is 52.6 Å². The molecule has 5 rings (SSSR count). The summed E-state index contributed by atoms with van der Waals surface area (Å²) in [5.74, 6) is 1.11. The number of ether oxygens (including phenoxy) is 1.